The molecular weight excluding hydrogens is 238 g/mol. The highest BCUT2D eigenvalue weighted by Crippen LogP contribution is 2.19. The van der Waals surface area contributed by atoms with Crippen LogP contribution in [0.25, 0.3) is 11.2 Å². The maximum Gasteiger partial charge on any atom is 0.337 e. The average Bonchev–Trinajstić information content (AvgIpc) is 2.61. The average molecular weight is 245 g/mol. The maximum atomic E-state index is 10.9. The lowest BCUT2D eigenvalue weighted by Crippen LogP contribution is -2.09. The number of fused-ring (bicyclic) bond motifs is 1. The van der Waals surface area contributed by atoms with Gasteiger partial charge in [0.2, 0.25) is 0 Å². The van der Waals surface area contributed by atoms with Gasteiger partial charge >= 0.3 is 16.1 Å². The van der Waals surface area contributed by atoms with Crippen LogP contribution >= 0.6 is 0 Å². The van der Waals surface area contributed by atoms with E-state index in [9.17, 15) is 8.42 Å². The molecule has 0 aliphatic carbocycles. The van der Waals surface area contributed by atoms with Crippen molar-refractivity contribution in [2.45, 2.75) is 0 Å². The van der Waals surface area contributed by atoms with Crippen LogP contribution in [-0.2, 0) is 10.1 Å². The molecule has 2 rings (SSSR count). The Morgan fingerprint density at radius 2 is 2.25 bits per heavy atom. The molecule has 0 atom stereocenters. The first-order valence-electron chi connectivity index (χ1n) is 4.00. The number of nitrogens with zero attached hydrogens (tertiary/aromatic N) is 3. The Labute approximate surface area is 89.6 Å². The predicted molar refractivity (Wildman–Crippen MR) is 52.6 cm³/mol. The van der Waals surface area contributed by atoms with Crippen LogP contribution < -0.4 is 9.66 Å². The summed E-state index contributed by atoms with van der Waals surface area (Å²) in [5, 5.41) is 8.78. The van der Waals surface area contributed by atoms with Crippen LogP contribution in [0.15, 0.2) is 6.33 Å². The minimum absolute atomic E-state index is 0.0267. The van der Waals surface area contributed by atoms with Crippen molar-refractivity contribution in [1.82, 2.24) is 19.9 Å². The van der Waals surface area contributed by atoms with Gasteiger partial charge in [-0.3, -0.25) is 10.7 Å². The molecule has 0 fully saturated rings. The van der Waals surface area contributed by atoms with Crippen molar-refractivity contribution in [1.29, 1.82) is 0 Å². The topological polar surface area (TPSA) is 130 Å². The number of hydrogen-bond donors (Lipinski definition) is 3. The smallest absolute Gasteiger partial charge is 0.337 e. The van der Waals surface area contributed by atoms with Crippen molar-refractivity contribution in [2.75, 3.05) is 11.7 Å². The first kappa shape index (κ1) is 10.6. The maximum absolute atomic E-state index is 10.9. The molecule has 0 aromatic carbocycles. The van der Waals surface area contributed by atoms with Crippen LogP contribution in [0.5, 0.6) is 6.01 Å². The number of anilines is 1. The summed E-state index contributed by atoms with van der Waals surface area (Å²) in [6.07, 6.45) is 2.18. The largest absolute Gasteiger partial charge is 0.343 e. The van der Waals surface area contributed by atoms with Crippen LogP contribution in [0.2, 0.25) is 0 Å². The predicted octanol–water partition coefficient (Wildman–Crippen LogP) is -0.508. The zero-order valence-corrected chi connectivity index (χ0v) is 8.82. The van der Waals surface area contributed by atoms with Gasteiger partial charge in [0.15, 0.2) is 11.5 Å². The van der Waals surface area contributed by atoms with E-state index in [-0.39, 0.29) is 11.5 Å². The van der Waals surface area contributed by atoms with E-state index in [2.05, 4.69) is 24.1 Å². The quantitative estimate of drug-likeness (QED) is 0.487. The molecule has 16 heavy (non-hydrogen) atoms. The summed E-state index contributed by atoms with van der Waals surface area (Å²) in [6.45, 7) is 0. The fraction of sp³-hybridized carbons (Fsp3) is 0.167. The van der Waals surface area contributed by atoms with Gasteiger partial charge in [-0.2, -0.15) is 18.4 Å². The molecule has 0 unspecified atom stereocenters. The Balaban J connectivity index is 2.55. The molecule has 0 amide bonds. The second-order valence-corrected chi connectivity index (χ2v) is 4.43. The summed E-state index contributed by atoms with van der Waals surface area (Å²) in [7, 11) is -3.73. The van der Waals surface area contributed by atoms with Gasteiger partial charge in [-0.05, 0) is 0 Å². The van der Waals surface area contributed by atoms with Gasteiger partial charge in [-0.25, -0.2) is 4.98 Å². The number of rotatable bonds is 3. The van der Waals surface area contributed by atoms with Crippen molar-refractivity contribution in [3.63, 3.8) is 0 Å². The molecule has 10 heteroatoms. The molecule has 0 radical (unpaired) electrons. The highest BCUT2D eigenvalue weighted by atomic mass is 32.2. The zero-order valence-electron chi connectivity index (χ0n) is 8.00. The summed E-state index contributed by atoms with van der Waals surface area (Å²) < 4.78 is 26.2. The van der Waals surface area contributed by atoms with Crippen LogP contribution in [0.4, 0.5) is 5.82 Å². The number of aromatic amines is 1. The highest BCUT2D eigenvalue weighted by Gasteiger charge is 2.13. The van der Waals surface area contributed by atoms with Crippen molar-refractivity contribution in [3.05, 3.63) is 6.33 Å². The van der Waals surface area contributed by atoms with Crippen molar-refractivity contribution in [3.8, 4) is 6.01 Å². The molecule has 2 heterocycles. The van der Waals surface area contributed by atoms with E-state index in [0.29, 0.717) is 5.52 Å². The Morgan fingerprint density at radius 1 is 1.50 bits per heavy atom. The molecule has 0 aliphatic heterocycles. The number of aromatic nitrogens is 4. The minimum Gasteiger partial charge on any atom is -0.343 e. The highest BCUT2D eigenvalue weighted by molar-refractivity contribution is 7.86. The monoisotopic (exact) mass is 245 g/mol. The second-order valence-electron chi connectivity index (χ2n) is 2.86. The molecule has 3 N–H and O–H groups in total. The lowest BCUT2D eigenvalue weighted by atomic mass is 10.5. The van der Waals surface area contributed by atoms with E-state index in [1.54, 1.807) is 5.48 Å². The van der Waals surface area contributed by atoms with E-state index in [1.807, 2.05) is 0 Å². The molecule has 9 nitrogen and oxygen atoms in total. The molecule has 0 aliphatic rings. The molecular formula is C6H7N5O4S. The first-order valence-corrected chi connectivity index (χ1v) is 5.82. The number of nitrogens with one attached hydrogen (secondary N) is 2. The van der Waals surface area contributed by atoms with E-state index in [4.69, 9.17) is 5.21 Å². The lowest BCUT2D eigenvalue weighted by Gasteiger charge is -2.03. The standard InChI is InChI=1S/C6H7N5O4S/c1-16(13,14)15-6-9-4-3(7-2-8-4)5(10-6)11-12/h2,12H,1H3,(H2,7,8,9,10,11). The third-order valence-electron chi connectivity index (χ3n) is 1.60. The molecule has 0 saturated heterocycles. The number of imidazole rings is 1. The Morgan fingerprint density at radius 3 is 2.88 bits per heavy atom. The van der Waals surface area contributed by atoms with Gasteiger partial charge in [-0.1, -0.05) is 0 Å². The summed E-state index contributed by atoms with van der Waals surface area (Å²) in [6, 6.07) is -0.418. The summed E-state index contributed by atoms with van der Waals surface area (Å²) in [5.74, 6) is -0.0267. The Bertz CT molecular complexity index is 621. The third-order valence-corrected chi connectivity index (χ3v) is 2.05. The molecule has 2 aromatic heterocycles. The SMILES string of the molecule is CS(=O)(=O)Oc1nc(NO)c2[nH]cnc2n1. The summed E-state index contributed by atoms with van der Waals surface area (Å²) in [5.41, 5.74) is 2.29. The van der Waals surface area contributed by atoms with E-state index in [1.165, 1.54) is 6.33 Å². The van der Waals surface area contributed by atoms with Gasteiger partial charge in [0.1, 0.15) is 5.52 Å². The normalized spacial score (nSPS) is 11.6. The molecule has 0 spiro atoms. The second kappa shape index (κ2) is 3.57. The number of H-pyrrole nitrogens is 1. The van der Waals surface area contributed by atoms with Crippen molar-refractivity contribution in [2.24, 2.45) is 0 Å². The van der Waals surface area contributed by atoms with E-state index >= 15 is 0 Å². The third kappa shape index (κ3) is 2.01. The van der Waals surface area contributed by atoms with Crippen molar-refractivity contribution < 1.29 is 17.8 Å². The molecule has 0 bridgehead atoms. The van der Waals surface area contributed by atoms with Crippen molar-refractivity contribution >= 4 is 27.1 Å². The summed E-state index contributed by atoms with van der Waals surface area (Å²) >= 11 is 0. The van der Waals surface area contributed by atoms with Crippen LogP contribution in [0, 0.1) is 0 Å². The van der Waals surface area contributed by atoms with Gasteiger partial charge in [0, 0.05) is 0 Å². The van der Waals surface area contributed by atoms with Gasteiger partial charge < -0.3 is 9.17 Å². The van der Waals surface area contributed by atoms with E-state index < -0.39 is 16.1 Å². The van der Waals surface area contributed by atoms with Crippen LogP contribution in [0.1, 0.15) is 0 Å². The fourth-order valence-corrected chi connectivity index (χ4v) is 1.41. The van der Waals surface area contributed by atoms with Gasteiger partial charge in [-0.15, -0.1) is 0 Å². The van der Waals surface area contributed by atoms with Gasteiger partial charge in [0.05, 0.1) is 12.6 Å². The lowest BCUT2D eigenvalue weighted by molar-refractivity contribution is 0.384. The fourth-order valence-electron chi connectivity index (χ4n) is 1.07. The van der Waals surface area contributed by atoms with E-state index in [0.717, 1.165) is 6.26 Å². The number of hydrogen-bond acceptors (Lipinski definition) is 8. The Hall–Kier alpha value is -1.94. The summed E-state index contributed by atoms with van der Waals surface area (Å²) in [4.78, 5) is 13.8. The van der Waals surface area contributed by atoms with Crippen LogP contribution in [0.3, 0.4) is 0 Å². The van der Waals surface area contributed by atoms with Crippen LogP contribution in [-0.4, -0.2) is 39.8 Å². The zero-order chi connectivity index (χ0) is 11.8. The Kier molecular flexibility index (Phi) is 2.36. The first-order chi connectivity index (χ1) is 7.49. The molecule has 86 valence electrons. The molecule has 0 saturated carbocycles. The minimum atomic E-state index is -3.73. The molecule has 2 aromatic rings. The van der Waals surface area contributed by atoms with Gasteiger partial charge in [0.25, 0.3) is 0 Å².